The quantitative estimate of drug-likeness (QED) is 0.452. The van der Waals surface area contributed by atoms with Crippen molar-refractivity contribution >= 4 is 11.9 Å². The molecule has 1 fully saturated rings. The van der Waals surface area contributed by atoms with Gasteiger partial charge in [0.15, 0.2) is 0 Å². The fourth-order valence-electron chi connectivity index (χ4n) is 2.94. The van der Waals surface area contributed by atoms with E-state index in [1.54, 1.807) is 0 Å². The summed E-state index contributed by atoms with van der Waals surface area (Å²) in [6.07, 6.45) is 8.68. The highest BCUT2D eigenvalue weighted by molar-refractivity contribution is 5.62. The van der Waals surface area contributed by atoms with Crippen LogP contribution in [0.5, 0.6) is 0 Å². The summed E-state index contributed by atoms with van der Waals surface area (Å²) in [4.78, 5) is 6.43. The minimum absolute atomic E-state index is 0.0579. The van der Waals surface area contributed by atoms with E-state index in [1.807, 2.05) is 56.8 Å². The van der Waals surface area contributed by atoms with Crippen molar-refractivity contribution in [2.24, 2.45) is 5.10 Å². The van der Waals surface area contributed by atoms with Crippen molar-refractivity contribution in [2.45, 2.75) is 72.4 Å². The monoisotopic (exact) mass is 426 g/mol. The van der Waals surface area contributed by atoms with Crippen LogP contribution in [-0.2, 0) is 13.2 Å². The third-order valence-electron chi connectivity index (χ3n) is 4.61. The van der Waals surface area contributed by atoms with Crippen molar-refractivity contribution < 1.29 is 5.11 Å². The molecule has 172 valence electrons. The highest BCUT2D eigenvalue weighted by Crippen LogP contribution is 2.38. The zero-order chi connectivity index (χ0) is 23.2. The number of benzene rings is 1. The number of aliphatic hydroxyl groups excluding tert-OH is 1. The maximum absolute atomic E-state index is 9.44. The number of hydrogen-bond acceptors (Lipinski definition) is 5. The van der Waals surface area contributed by atoms with Crippen LogP contribution in [-0.4, -0.2) is 42.3 Å². The van der Waals surface area contributed by atoms with E-state index in [0.29, 0.717) is 0 Å². The van der Waals surface area contributed by atoms with E-state index in [0.717, 1.165) is 35.7 Å². The van der Waals surface area contributed by atoms with Gasteiger partial charge in [-0.1, -0.05) is 45.4 Å². The summed E-state index contributed by atoms with van der Waals surface area (Å²) in [7, 11) is 5.97. The molecule has 0 radical (unpaired) electrons. The van der Waals surface area contributed by atoms with Gasteiger partial charge in [0.25, 0.3) is 0 Å². The SMILES string of the molecule is CC/C=N\N(C)c1cccc(CO)c1CN(C)C.CCC.Cc1ccc(C2CC2)nc1. The summed E-state index contributed by atoms with van der Waals surface area (Å²) in [5, 5.41) is 15.7. The minimum Gasteiger partial charge on any atom is -0.392 e. The minimum atomic E-state index is 0.0579. The Morgan fingerprint density at radius 2 is 1.77 bits per heavy atom. The molecule has 0 atom stereocenters. The number of aromatic nitrogens is 1. The number of aliphatic hydroxyl groups is 1. The van der Waals surface area contributed by atoms with Crippen LogP contribution < -0.4 is 5.01 Å². The van der Waals surface area contributed by atoms with Crippen molar-refractivity contribution in [3.05, 3.63) is 58.9 Å². The number of aryl methyl sites for hydroxylation is 1. The molecule has 2 aromatic rings. The molecule has 5 heteroatoms. The Balaban J connectivity index is 0.000000307. The molecule has 5 nitrogen and oxygen atoms in total. The first-order valence-electron chi connectivity index (χ1n) is 11.4. The second-order valence-electron chi connectivity index (χ2n) is 8.28. The molecule has 1 saturated carbocycles. The second kappa shape index (κ2) is 14.7. The molecule has 1 aromatic heterocycles. The fourth-order valence-corrected chi connectivity index (χ4v) is 2.94. The molecule has 1 heterocycles. The Hall–Kier alpha value is -2.24. The summed E-state index contributed by atoms with van der Waals surface area (Å²) in [5.41, 5.74) is 5.66. The lowest BCUT2D eigenvalue weighted by atomic mass is 10.1. The third kappa shape index (κ3) is 10.1. The van der Waals surface area contributed by atoms with E-state index >= 15 is 0 Å². The highest BCUT2D eigenvalue weighted by Gasteiger charge is 2.24. The van der Waals surface area contributed by atoms with E-state index in [-0.39, 0.29) is 6.61 Å². The largest absolute Gasteiger partial charge is 0.392 e. The number of nitrogens with zero attached hydrogens (tertiary/aromatic N) is 4. The van der Waals surface area contributed by atoms with E-state index < -0.39 is 0 Å². The zero-order valence-corrected chi connectivity index (χ0v) is 20.6. The van der Waals surface area contributed by atoms with Crippen LogP contribution in [0.1, 0.15) is 74.8 Å². The van der Waals surface area contributed by atoms with Gasteiger partial charge in [-0.2, -0.15) is 5.10 Å². The molecule has 31 heavy (non-hydrogen) atoms. The third-order valence-corrected chi connectivity index (χ3v) is 4.61. The van der Waals surface area contributed by atoms with Crippen LogP contribution in [0.15, 0.2) is 41.6 Å². The van der Waals surface area contributed by atoms with Crippen molar-refractivity contribution in [1.82, 2.24) is 9.88 Å². The van der Waals surface area contributed by atoms with Gasteiger partial charge in [0.2, 0.25) is 0 Å². The van der Waals surface area contributed by atoms with Gasteiger partial charge < -0.3 is 10.0 Å². The van der Waals surface area contributed by atoms with Gasteiger partial charge in [-0.15, -0.1) is 0 Å². The molecule has 3 rings (SSSR count). The zero-order valence-electron chi connectivity index (χ0n) is 20.6. The summed E-state index contributed by atoms with van der Waals surface area (Å²) >= 11 is 0. The van der Waals surface area contributed by atoms with Crippen LogP contribution in [0, 0.1) is 6.92 Å². The number of anilines is 1. The molecule has 0 spiro atoms. The molecule has 1 aliphatic carbocycles. The summed E-state index contributed by atoms with van der Waals surface area (Å²) in [5.74, 6) is 0.792. The topological polar surface area (TPSA) is 52.0 Å². The molecule has 0 saturated heterocycles. The van der Waals surface area contributed by atoms with Gasteiger partial charge >= 0.3 is 0 Å². The predicted octanol–water partition coefficient (Wildman–Crippen LogP) is 5.76. The first-order valence-corrected chi connectivity index (χ1v) is 11.4. The van der Waals surface area contributed by atoms with E-state index in [4.69, 9.17) is 0 Å². The smallest absolute Gasteiger partial charge is 0.0685 e. The summed E-state index contributed by atoms with van der Waals surface area (Å²) < 4.78 is 0. The Morgan fingerprint density at radius 3 is 2.26 bits per heavy atom. The summed E-state index contributed by atoms with van der Waals surface area (Å²) in [6, 6.07) is 10.2. The predicted molar refractivity (Wildman–Crippen MR) is 134 cm³/mol. The Kier molecular flexibility index (Phi) is 12.7. The first kappa shape index (κ1) is 26.8. The maximum atomic E-state index is 9.44. The average Bonchev–Trinajstić information content (AvgIpc) is 3.59. The lowest BCUT2D eigenvalue weighted by molar-refractivity contribution is 0.278. The van der Waals surface area contributed by atoms with Gasteiger partial charge in [-0.25, -0.2) is 0 Å². The number of pyridine rings is 1. The van der Waals surface area contributed by atoms with Crippen LogP contribution in [0.3, 0.4) is 0 Å². The van der Waals surface area contributed by atoms with E-state index in [9.17, 15) is 5.11 Å². The molecule has 1 aromatic carbocycles. The molecule has 0 aliphatic heterocycles. The molecule has 0 amide bonds. The Bertz CT molecular complexity index is 767. The summed E-state index contributed by atoms with van der Waals surface area (Å²) in [6.45, 7) is 9.23. The number of hydrazone groups is 1. The molecule has 0 bridgehead atoms. The van der Waals surface area contributed by atoms with Gasteiger partial charge in [0, 0.05) is 37.6 Å². The maximum Gasteiger partial charge on any atom is 0.0685 e. The van der Waals surface area contributed by atoms with Crippen LogP contribution in [0.2, 0.25) is 0 Å². The molecular formula is C26H42N4O. The van der Waals surface area contributed by atoms with Gasteiger partial charge in [0.1, 0.15) is 0 Å². The Morgan fingerprint density at radius 1 is 1.10 bits per heavy atom. The van der Waals surface area contributed by atoms with Crippen LogP contribution in [0.25, 0.3) is 0 Å². The molecule has 1 N–H and O–H groups in total. The Labute approximate surface area is 189 Å². The number of hydrogen-bond donors (Lipinski definition) is 1. The number of rotatable bonds is 7. The van der Waals surface area contributed by atoms with E-state index in [1.165, 1.54) is 30.5 Å². The second-order valence-corrected chi connectivity index (χ2v) is 8.28. The lowest BCUT2D eigenvalue weighted by Crippen LogP contribution is -2.18. The lowest BCUT2D eigenvalue weighted by Gasteiger charge is -2.22. The average molecular weight is 427 g/mol. The van der Waals surface area contributed by atoms with Crippen molar-refractivity contribution in [3.8, 4) is 0 Å². The standard InChI is InChI=1S/C14H23N3O.C9H11N.C3H8/c1-5-9-15-17(4)14-8-6-7-12(11-18)13(14)10-16(2)3;1-7-2-5-9(10-6-7)8-3-4-8;1-3-2/h6-9,18H,5,10-11H2,1-4H3;2,5-6,8H,3-4H2,1H3;3H2,1-2H3/b15-9-;;. The van der Waals surface area contributed by atoms with Crippen LogP contribution in [0.4, 0.5) is 5.69 Å². The van der Waals surface area contributed by atoms with Gasteiger partial charge in [0.05, 0.1) is 12.3 Å². The van der Waals surface area contributed by atoms with Gasteiger partial charge in [-0.05, 0) is 69.1 Å². The van der Waals surface area contributed by atoms with Gasteiger partial charge in [-0.3, -0.25) is 9.99 Å². The normalized spacial score (nSPS) is 12.8. The molecule has 0 unspecified atom stereocenters. The van der Waals surface area contributed by atoms with Crippen LogP contribution >= 0.6 is 0 Å². The van der Waals surface area contributed by atoms with Crippen molar-refractivity contribution in [3.63, 3.8) is 0 Å². The van der Waals surface area contributed by atoms with Crippen molar-refractivity contribution in [1.29, 1.82) is 0 Å². The molecular weight excluding hydrogens is 384 g/mol. The van der Waals surface area contributed by atoms with E-state index in [2.05, 4.69) is 54.8 Å². The first-order chi connectivity index (χ1) is 14.9. The molecule has 1 aliphatic rings. The van der Waals surface area contributed by atoms with Crippen molar-refractivity contribution in [2.75, 3.05) is 26.2 Å². The fraction of sp³-hybridized carbons (Fsp3) is 0.538. The highest BCUT2D eigenvalue weighted by atomic mass is 16.3.